The quantitative estimate of drug-likeness (QED) is 0.510. The SMILES string of the molecule is CC1CCC(NC(=O)CCCCCn2c(=S)[nH]c3cc4c(cc3c2=O)OCO4)CC1. The molecule has 0 saturated heterocycles. The standard InChI is InChI=1S/C22H29N3O4S/c1-14-6-8-15(9-7-14)23-20(26)5-3-2-4-10-25-21(27)16-11-18-19(29-13-28-18)12-17(16)24-22(25)30/h11-12,14-15H,2-10,13H2,1H3,(H,23,26)(H,24,30). The number of benzene rings is 1. The van der Waals surface area contributed by atoms with Gasteiger partial charge in [0.15, 0.2) is 16.3 Å². The zero-order valence-electron chi connectivity index (χ0n) is 17.4. The fourth-order valence-electron chi connectivity index (χ4n) is 4.28. The molecule has 7 nitrogen and oxygen atoms in total. The number of H-pyrrole nitrogens is 1. The summed E-state index contributed by atoms with van der Waals surface area (Å²) in [5.74, 6) is 2.12. The fraction of sp³-hybridized carbons (Fsp3) is 0.591. The molecule has 2 aromatic rings. The number of carbonyl (C=O) groups excluding carboxylic acids is 1. The molecular weight excluding hydrogens is 402 g/mol. The molecule has 0 radical (unpaired) electrons. The molecule has 8 heteroatoms. The van der Waals surface area contributed by atoms with Gasteiger partial charge >= 0.3 is 0 Å². The van der Waals surface area contributed by atoms with Crippen molar-refractivity contribution in [3.8, 4) is 11.5 Å². The second-order valence-corrected chi connectivity index (χ2v) is 8.86. The molecule has 0 bridgehead atoms. The third-order valence-corrected chi connectivity index (χ3v) is 6.46. The number of fused-ring (bicyclic) bond motifs is 2. The summed E-state index contributed by atoms with van der Waals surface area (Å²) in [4.78, 5) is 28.2. The monoisotopic (exact) mass is 431 g/mol. The number of hydrogen-bond acceptors (Lipinski definition) is 5. The Bertz CT molecular complexity index is 1040. The van der Waals surface area contributed by atoms with Gasteiger partial charge in [0.05, 0.1) is 10.9 Å². The van der Waals surface area contributed by atoms with E-state index < -0.39 is 0 Å². The minimum atomic E-state index is -0.128. The molecule has 1 saturated carbocycles. The zero-order chi connectivity index (χ0) is 21.1. The Hall–Kier alpha value is -2.35. The average Bonchev–Trinajstić information content (AvgIpc) is 3.18. The van der Waals surface area contributed by atoms with Crippen LogP contribution in [-0.2, 0) is 11.3 Å². The highest BCUT2D eigenvalue weighted by Gasteiger charge is 2.19. The highest BCUT2D eigenvalue weighted by Crippen LogP contribution is 2.34. The molecule has 4 rings (SSSR count). The zero-order valence-corrected chi connectivity index (χ0v) is 18.2. The third kappa shape index (κ3) is 4.69. The predicted molar refractivity (Wildman–Crippen MR) is 118 cm³/mol. The molecular formula is C22H29N3O4S. The van der Waals surface area contributed by atoms with E-state index in [1.807, 2.05) is 0 Å². The molecule has 1 aliphatic heterocycles. The van der Waals surface area contributed by atoms with E-state index in [-0.39, 0.29) is 18.3 Å². The van der Waals surface area contributed by atoms with Gasteiger partial charge in [-0.05, 0) is 62.7 Å². The predicted octanol–water partition coefficient (Wildman–Crippen LogP) is 4.04. The van der Waals surface area contributed by atoms with Gasteiger partial charge < -0.3 is 19.8 Å². The van der Waals surface area contributed by atoms with E-state index in [2.05, 4.69) is 17.2 Å². The number of carbonyl (C=O) groups is 1. The van der Waals surface area contributed by atoms with Crippen LogP contribution in [0.25, 0.3) is 10.9 Å². The second kappa shape index (κ2) is 9.20. The number of nitrogens with zero attached hydrogens (tertiary/aromatic N) is 1. The second-order valence-electron chi connectivity index (χ2n) is 8.47. The van der Waals surface area contributed by atoms with Gasteiger partial charge in [0, 0.05) is 25.1 Å². The van der Waals surface area contributed by atoms with E-state index in [4.69, 9.17) is 21.7 Å². The van der Waals surface area contributed by atoms with Crippen LogP contribution in [0, 0.1) is 10.7 Å². The maximum atomic E-state index is 12.9. The molecule has 162 valence electrons. The van der Waals surface area contributed by atoms with Gasteiger partial charge in [-0.2, -0.15) is 0 Å². The molecule has 0 spiro atoms. The lowest BCUT2D eigenvalue weighted by atomic mass is 9.87. The third-order valence-electron chi connectivity index (χ3n) is 6.14. The minimum Gasteiger partial charge on any atom is -0.454 e. The molecule has 0 unspecified atom stereocenters. The van der Waals surface area contributed by atoms with E-state index in [0.29, 0.717) is 46.2 Å². The van der Waals surface area contributed by atoms with Crippen molar-refractivity contribution >= 4 is 29.0 Å². The Morgan fingerprint density at radius 1 is 1.17 bits per heavy atom. The number of rotatable bonds is 7. The number of aromatic nitrogens is 2. The lowest BCUT2D eigenvalue weighted by Crippen LogP contribution is -2.37. The van der Waals surface area contributed by atoms with Crippen molar-refractivity contribution in [3.63, 3.8) is 0 Å². The van der Waals surface area contributed by atoms with Crippen molar-refractivity contribution in [2.24, 2.45) is 5.92 Å². The first-order chi connectivity index (χ1) is 14.5. The van der Waals surface area contributed by atoms with Crippen molar-refractivity contribution in [2.45, 2.75) is 70.9 Å². The lowest BCUT2D eigenvalue weighted by Gasteiger charge is -2.26. The Kier molecular flexibility index (Phi) is 6.41. The molecule has 0 atom stereocenters. The van der Waals surface area contributed by atoms with Gasteiger partial charge in [0.25, 0.3) is 5.56 Å². The van der Waals surface area contributed by atoms with Gasteiger partial charge in [-0.3, -0.25) is 14.2 Å². The summed E-state index contributed by atoms with van der Waals surface area (Å²) in [5, 5.41) is 3.71. The van der Waals surface area contributed by atoms with Crippen molar-refractivity contribution in [2.75, 3.05) is 6.79 Å². The van der Waals surface area contributed by atoms with Gasteiger partial charge in [0.1, 0.15) is 0 Å². The number of aromatic amines is 1. The van der Waals surface area contributed by atoms with Crippen LogP contribution >= 0.6 is 12.2 Å². The highest BCUT2D eigenvalue weighted by atomic mass is 32.1. The Balaban J connectivity index is 1.28. The summed E-state index contributed by atoms with van der Waals surface area (Å²) in [6, 6.07) is 3.81. The first-order valence-electron chi connectivity index (χ1n) is 10.9. The van der Waals surface area contributed by atoms with Crippen LogP contribution in [-0.4, -0.2) is 28.3 Å². The maximum Gasteiger partial charge on any atom is 0.262 e. The number of ether oxygens (including phenoxy) is 2. The van der Waals surface area contributed by atoms with Crippen molar-refractivity contribution in [1.82, 2.24) is 14.9 Å². The molecule has 1 aromatic heterocycles. The lowest BCUT2D eigenvalue weighted by molar-refractivity contribution is -0.122. The largest absolute Gasteiger partial charge is 0.454 e. The fourth-order valence-corrected chi connectivity index (χ4v) is 4.57. The molecule has 1 aliphatic carbocycles. The summed E-state index contributed by atoms with van der Waals surface area (Å²) in [5.41, 5.74) is 0.524. The van der Waals surface area contributed by atoms with Crippen molar-refractivity contribution < 1.29 is 14.3 Å². The van der Waals surface area contributed by atoms with E-state index in [0.717, 1.165) is 38.0 Å². The molecule has 2 N–H and O–H groups in total. The molecule has 2 heterocycles. The van der Waals surface area contributed by atoms with Crippen LogP contribution in [0.15, 0.2) is 16.9 Å². The number of nitrogens with one attached hydrogen (secondary N) is 2. The van der Waals surface area contributed by atoms with Gasteiger partial charge in [-0.25, -0.2) is 0 Å². The smallest absolute Gasteiger partial charge is 0.262 e. The summed E-state index contributed by atoms with van der Waals surface area (Å²) < 4.78 is 12.7. The van der Waals surface area contributed by atoms with E-state index in [1.165, 1.54) is 12.8 Å². The van der Waals surface area contributed by atoms with Crippen molar-refractivity contribution in [1.29, 1.82) is 0 Å². The molecule has 2 aliphatic rings. The topological polar surface area (TPSA) is 85.4 Å². The van der Waals surface area contributed by atoms with E-state index in [9.17, 15) is 9.59 Å². The number of unbranched alkanes of at least 4 members (excludes halogenated alkanes) is 2. The molecule has 30 heavy (non-hydrogen) atoms. The Morgan fingerprint density at radius 2 is 1.90 bits per heavy atom. The first kappa shape index (κ1) is 20.9. The van der Waals surface area contributed by atoms with Crippen molar-refractivity contribution in [3.05, 3.63) is 27.3 Å². The van der Waals surface area contributed by atoms with Gasteiger partial charge in [-0.15, -0.1) is 0 Å². The first-order valence-corrected chi connectivity index (χ1v) is 11.3. The highest BCUT2D eigenvalue weighted by molar-refractivity contribution is 7.71. The molecule has 1 aromatic carbocycles. The normalized spacial score (nSPS) is 20.4. The summed E-state index contributed by atoms with van der Waals surface area (Å²) in [7, 11) is 0. The summed E-state index contributed by atoms with van der Waals surface area (Å²) >= 11 is 5.39. The van der Waals surface area contributed by atoms with Crippen LogP contribution in [0.1, 0.15) is 58.3 Å². The van der Waals surface area contributed by atoms with Gasteiger partial charge in [0.2, 0.25) is 12.7 Å². The molecule has 1 fully saturated rings. The number of hydrogen-bond donors (Lipinski definition) is 2. The van der Waals surface area contributed by atoms with Crippen LogP contribution in [0.5, 0.6) is 11.5 Å². The summed E-state index contributed by atoms with van der Waals surface area (Å²) in [6.07, 6.45) is 7.60. The Morgan fingerprint density at radius 3 is 2.67 bits per heavy atom. The van der Waals surface area contributed by atoms with E-state index in [1.54, 1.807) is 16.7 Å². The van der Waals surface area contributed by atoms with Gasteiger partial charge in [-0.1, -0.05) is 13.3 Å². The molecule has 1 amide bonds. The summed E-state index contributed by atoms with van der Waals surface area (Å²) in [6.45, 7) is 2.97. The van der Waals surface area contributed by atoms with Crippen LogP contribution in [0.2, 0.25) is 0 Å². The number of amides is 1. The van der Waals surface area contributed by atoms with Crippen LogP contribution in [0.3, 0.4) is 0 Å². The van der Waals surface area contributed by atoms with E-state index >= 15 is 0 Å². The van der Waals surface area contributed by atoms with Crippen LogP contribution < -0.4 is 20.3 Å². The maximum absolute atomic E-state index is 12.9. The Labute approximate surface area is 180 Å². The minimum absolute atomic E-state index is 0.128. The average molecular weight is 432 g/mol. The van der Waals surface area contributed by atoms with Crippen LogP contribution in [0.4, 0.5) is 0 Å².